The highest BCUT2D eigenvalue weighted by Crippen LogP contribution is 2.24. The predicted octanol–water partition coefficient (Wildman–Crippen LogP) is 4.17. The summed E-state index contributed by atoms with van der Waals surface area (Å²) in [6.07, 6.45) is 3.89. The smallest absolute Gasteiger partial charge is 0.0437 e. The molecule has 1 fully saturated rings. The zero-order valence-electron chi connectivity index (χ0n) is 11.5. The van der Waals surface area contributed by atoms with Gasteiger partial charge < -0.3 is 0 Å². The largest absolute Gasteiger partial charge is 0.247 e. The van der Waals surface area contributed by atoms with Crippen LogP contribution in [0.2, 0.25) is 5.02 Å². The Labute approximate surface area is 115 Å². The average Bonchev–Trinajstić information content (AvgIpc) is 2.34. The number of piperidine rings is 1. The molecule has 1 aromatic rings. The first-order valence-corrected chi connectivity index (χ1v) is 7.25. The number of nitrogens with one attached hydrogen (secondary N) is 1. The van der Waals surface area contributed by atoms with Crippen LogP contribution < -0.4 is 5.43 Å². The number of hydrogen-bond donors (Lipinski definition) is 1. The third kappa shape index (κ3) is 3.25. The summed E-state index contributed by atoms with van der Waals surface area (Å²) in [4.78, 5) is 0. The van der Waals surface area contributed by atoms with E-state index in [0.717, 1.165) is 5.02 Å². The van der Waals surface area contributed by atoms with E-state index >= 15 is 0 Å². The van der Waals surface area contributed by atoms with Crippen LogP contribution in [-0.2, 0) is 0 Å². The van der Waals surface area contributed by atoms with Crippen molar-refractivity contribution in [3.05, 3.63) is 34.9 Å². The zero-order valence-corrected chi connectivity index (χ0v) is 12.2. The number of halogens is 1. The summed E-state index contributed by atoms with van der Waals surface area (Å²) in [6, 6.07) is 9.61. The predicted molar refractivity (Wildman–Crippen MR) is 77.6 cm³/mol. The first kappa shape index (κ1) is 13.9. The van der Waals surface area contributed by atoms with Crippen molar-refractivity contribution in [2.24, 2.45) is 0 Å². The topological polar surface area (TPSA) is 15.3 Å². The minimum atomic E-state index is 0.298. The van der Waals surface area contributed by atoms with Crippen LogP contribution in [0, 0.1) is 0 Å². The SMILES string of the molecule is CC(NN1C(C)CCCC1C)c1cccc(Cl)c1. The molecule has 0 spiro atoms. The molecule has 100 valence electrons. The lowest BCUT2D eigenvalue weighted by atomic mass is 9.99. The molecule has 2 nitrogen and oxygen atoms in total. The van der Waals surface area contributed by atoms with E-state index in [2.05, 4.69) is 37.3 Å². The van der Waals surface area contributed by atoms with Crippen molar-refractivity contribution < 1.29 is 0 Å². The van der Waals surface area contributed by atoms with Crippen LogP contribution in [0.1, 0.15) is 51.6 Å². The Morgan fingerprint density at radius 2 is 1.94 bits per heavy atom. The van der Waals surface area contributed by atoms with Crippen molar-refractivity contribution >= 4 is 11.6 Å². The first-order valence-electron chi connectivity index (χ1n) is 6.88. The molecule has 0 aromatic heterocycles. The van der Waals surface area contributed by atoms with Crippen LogP contribution in [-0.4, -0.2) is 17.1 Å². The minimum Gasteiger partial charge on any atom is -0.247 e. The van der Waals surface area contributed by atoms with Gasteiger partial charge in [0.05, 0.1) is 0 Å². The molecule has 3 atom stereocenters. The van der Waals surface area contributed by atoms with Crippen LogP contribution in [0.3, 0.4) is 0 Å². The van der Waals surface area contributed by atoms with Gasteiger partial charge in [-0.25, -0.2) is 10.4 Å². The quantitative estimate of drug-likeness (QED) is 0.883. The number of rotatable bonds is 3. The van der Waals surface area contributed by atoms with E-state index in [0.29, 0.717) is 18.1 Å². The molecular weight excluding hydrogens is 244 g/mol. The van der Waals surface area contributed by atoms with Gasteiger partial charge in [0.2, 0.25) is 0 Å². The summed E-state index contributed by atoms with van der Waals surface area (Å²) in [7, 11) is 0. The van der Waals surface area contributed by atoms with Crippen molar-refractivity contribution in [2.45, 2.75) is 58.2 Å². The average molecular weight is 267 g/mol. The van der Waals surface area contributed by atoms with Crippen LogP contribution in [0.25, 0.3) is 0 Å². The molecule has 0 aliphatic carbocycles. The molecule has 18 heavy (non-hydrogen) atoms. The maximum Gasteiger partial charge on any atom is 0.0437 e. The Hall–Kier alpha value is -0.570. The Balaban J connectivity index is 2.04. The van der Waals surface area contributed by atoms with Crippen molar-refractivity contribution in [1.29, 1.82) is 0 Å². The van der Waals surface area contributed by atoms with Gasteiger partial charge in [-0.05, 0) is 51.3 Å². The molecule has 2 rings (SSSR count). The highest BCUT2D eigenvalue weighted by atomic mass is 35.5. The Kier molecular flexibility index (Phi) is 4.66. The molecule has 0 saturated carbocycles. The van der Waals surface area contributed by atoms with Crippen LogP contribution in [0.4, 0.5) is 0 Å². The van der Waals surface area contributed by atoms with E-state index in [1.54, 1.807) is 0 Å². The van der Waals surface area contributed by atoms with Gasteiger partial charge >= 0.3 is 0 Å². The summed E-state index contributed by atoms with van der Waals surface area (Å²) in [6.45, 7) is 6.79. The first-order chi connectivity index (χ1) is 8.58. The highest BCUT2D eigenvalue weighted by molar-refractivity contribution is 6.30. The van der Waals surface area contributed by atoms with Crippen molar-refractivity contribution in [3.8, 4) is 0 Å². The number of nitrogens with zero attached hydrogens (tertiary/aromatic N) is 1. The second-order valence-electron chi connectivity index (χ2n) is 5.44. The lowest BCUT2D eigenvalue weighted by molar-refractivity contribution is 0.0320. The highest BCUT2D eigenvalue weighted by Gasteiger charge is 2.25. The van der Waals surface area contributed by atoms with Gasteiger partial charge in [0.15, 0.2) is 0 Å². The summed E-state index contributed by atoms with van der Waals surface area (Å²) in [5, 5.41) is 3.22. The molecule has 0 amide bonds. The van der Waals surface area contributed by atoms with Gasteiger partial charge in [0, 0.05) is 23.1 Å². The molecule has 1 heterocycles. The fourth-order valence-corrected chi connectivity index (χ4v) is 2.95. The monoisotopic (exact) mass is 266 g/mol. The summed E-state index contributed by atoms with van der Waals surface area (Å²) in [5.74, 6) is 0. The molecule has 3 heteroatoms. The van der Waals surface area contributed by atoms with Crippen molar-refractivity contribution in [2.75, 3.05) is 0 Å². The van der Waals surface area contributed by atoms with Gasteiger partial charge in [0.25, 0.3) is 0 Å². The molecule has 1 saturated heterocycles. The summed E-state index contributed by atoms with van der Waals surface area (Å²) < 4.78 is 0. The molecule has 0 bridgehead atoms. The standard InChI is InChI=1S/C15H23ClN2/c1-11-6-4-7-12(2)18(11)17-13(3)14-8-5-9-15(16)10-14/h5,8-13,17H,4,6-7H2,1-3H3. The summed E-state index contributed by atoms with van der Waals surface area (Å²) >= 11 is 6.05. The molecular formula is C15H23ClN2. The van der Waals surface area contributed by atoms with Crippen molar-refractivity contribution in [1.82, 2.24) is 10.4 Å². The van der Waals surface area contributed by atoms with Gasteiger partial charge in [-0.3, -0.25) is 0 Å². The number of benzene rings is 1. The third-order valence-electron chi connectivity index (χ3n) is 3.88. The van der Waals surface area contributed by atoms with E-state index in [9.17, 15) is 0 Å². The zero-order chi connectivity index (χ0) is 13.1. The Morgan fingerprint density at radius 3 is 2.56 bits per heavy atom. The molecule has 0 radical (unpaired) electrons. The maximum atomic E-state index is 6.05. The normalized spacial score (nSPS) is 27.1. The molecule has 1 aliphatic heterocycles. The maximum absolute atomic E-state index is 6.05. The number of hydrazine groups is 1. The van der Waals surface area contributed by atoms with E-state index in [1.807, 2.05) is 18.2 Å². The molecule has 3 unspecified atom stereocenters. The fraction of sp³-hybridized carbons (Fsp3) is 0.600. The molecule has 1 N–H and O–H groups in total. The summed E-state index contributed by atoms with van der Waals surface area (Å²) in [5.41, 5.74) is 4.88. The van der Waals surface area contributed by atoms with Gasteiger partial charge in [-0.15, -0.1) is 0 Å². The Bertz CT molecular complexity index is 384. The van der Waals surface area contributed by atoms with E-state index in [1.165, 1.54) is 24.8 Å². The van der Waals surface area contributed by atoms with Gasteiger partial charge in [-0.2, -0.15) is 0 Å². The second-order valence-corrected chi connectivity index (χ2v) is 5.88. The number of hydrogen-bond acceptors (Lipinski definition) is 2. The van der Waals surface area contributed by atoms with Crippen LogP contribution in [0.5, 0.6) is 0 Å². The van der Waals surface area contributed by atoms with Crippen LogP contribution >= 0.6 is 11.6 Å². The molecule has 1 aliphatic rings. The third-order valence-corrected chi connectivity index (χ3v) is 4.12. The minimum absolute atomic E-state index is 0.298. The fourth-order valence-electron chi connectivity index (χ4n) is 2.75. The lowest BCUT2D eigenvalue weighted by Gasteiger charge is -2.41. The van der Waals surface area contributed by atoms with Gasteiger partial charge in [-0.1, -0.05) is 30.2 Å². The Morgan fingerprint density at radius 1 is 1.28 bits per heavy atom. The van der Waals surface area contributed by atoms with E-state index in [-0.39, 0.29) is 0 Å². The van der Waals surface area contributed by atoms with E-state index in [4.69, 9.17) is 11.6 Å². The second kappa shape index (κ2) is 6.05. The van der Waals surface area contributed by atoms with Gasteiger partial charge in [0.1, 0.15) is 0 Å². The lowest BCUT2D eigenvalue weighted by Crippen LogP contribution is -2.52. The molecule has 1 aromatic carbocycles. The van der Waals surface area contributed by atoms with E-state index < -0.39 is 0 Å². The van der Waals surface area contributed by atoms with Crippen molar-refractivity contribution in [3.63, 3.8) is 0 Å². The van der Waals surface area contributed by atoms with Crippen LogP contribution in [0.15, 0.2) is 24.3 Å².